The quantitative estimate of drug-likeness (QED) is 0.306. The molecule has 0 N–H and O–H groups in total. The van der Waals surface area contributed by atoms with E-state index in [-0.39, 0.29) is 0 Å². The summed E-state index contributed by atoms with van der Waals surface area (Å²) in [4.78, 5) is 4.53. The van der Waals surface area contributed by atoms with Crippen LogP contribution in [0, 0.1) is 6.92 Å². The molecule has 32 heavy (non-hydrogen) atoms. The van der Waals surface area contributed by atoms with E-state index in [1.807, 2.05) is 42.5 Å². The van der Waals surface area contributed by atoms with Gasteiger partial charge in [0.15, 0.2) is 16.8 Å². The first-order chi connectivity index (χ1) is 15.8. The van der Waals surface area contributed by atoms with Crippen molar-refractivity contribution in [3.63, 3.8) is 0 Å². The molecule has 2 aromatic carbocycles. The summed E-state index contributed by atoms with van der Waals surface area (Å²) >= 11 is 1.51. The molecule has 0 bridgehead atoms. The van der Waals surface area contributed by atoms with Gasteiger partial charge in [0.2, 0.25) is 5.89 Å². The fourth-order valence-electron chi connectivity index (χ4n) is 3.44. The molecular weight excluding hydrogens is 422 g/mol. The lowest BCUT2D eigenvalue weighted by atomic mass is 10.1. The number of furan rings is 1. The molecule has 3 heterocycles. The number of hydrogen-bond acceptors (Lipinski definition) is 7. The highest BCUT2D eigenvalue weighted by Gasteiger charge is 2.18. The van der Waals surface area contributed by atoms with Crippen molar-refractivity contribution in [3.05, 3.63) is 102 Å². The number of rotatable bonds is 8. The normalized spacial score (nSPS) is 11.2. The van der Waals surface area contributed by atoms with Gasteiger partial charge in [0.25, 0.3) is 0 Å². The number of aromatic nitrogens is 5. The molecule has 0 fully saturated rings. The van der Waals surface area contributed by atoms with Gasteiger partial charge in [-0.05, 0) is 30.2 Å². The van der Waals surface area contributed by atoms with E-state index >= 15 is 0 Å². The van der Waals surface area contributed by atoms with Crippen molar-refractivity contribution in [1.82, 2.24) is 24.9 Å². The summed E-state index contributed by atoms with van der Waals surface area (Å²) in [5.74, 6) is 3.38. The molecule has 5 aromatic rings. The Morgan fingerprint density at radius 2 is 1.78 bits per heavy atom. The van der Waals surface area contributed by atoms with E-state index in [2.05, 4.69) is 56.1 Å². The minimum atomic E-state index is 0.506. The van der Waals surface area contributed by atoms with Crippen LogP contribution >= 0.6 is 11.8 Å². The van der Waals surface area contributed by atoms with Crippen LogP contribution in [0.4, 0.5) is 0 Å². The Morgan fingerprint density at radius 1 is 0.938 bits per heavy atom. The Morgan fingerprint density at radius 3 is 2.59 bits per heavy atom. The minimum Gasteiger partial charge on any atom is -0.467 e. The second-order valence-electron chi connectivity index (χ2n) is 7.34. The van der Waals surface area contributed by atoms with Crippen molar-refractivity contribution in [3.8, 4) is 11.4 Å². The largest absolute Gasteiger partial charge is 0.467 e. The van der Waals surface area contributed by atoms with Crippen LogP contribution in [-0.4, -0.2) is 24.9 Å². The lowest BCUT2D eigenvalue weighted by Gasteiger charge is -2.10. The van der Waals surface area contributed by atoms with Crippen LogP contribution in [0.15, 0.2) is 87.1 Å². The fourth-order valence-corrected chi connectivity index (χ4v) is 4.22. The molecule has 5 rings (SSSR count). The Labute approximate surface area is 189 Å². The van der Waals surface area contributed by atoms with Gasteiger partial charge in [-0.15, -0.1) is 10.2 Å². The van der Waals surface area contributed by atoms with E-state index in [9.17, 15) is 0 Å². The van der Waals surface area contributed by atoms with E-state index in [0.717, 1.165) is 33.4 Å². The molecule has 0 aliphatic rings. The zero-order valence-corrected chi connectivity index (χ0v) is 18.3. The van der Waals surface area contributed by atoms with E-state index in [0.29, 0.717) is 30.4 Å². The molecule has 0 radical (unpaired) electrons. The molecule has 0 unspecified atom stereocenters. The third-order valence-corrected chi connectivity index (χ3v) is 5.99. The minimum absolute atomic E-state index is 0.506. The summed E-state index contributed by atoms with van der Waals surface area (Å²) in [5, 5.41) is 13.8. The van der Waals surface area contributed by atoms with Crippen molar-refractivity contribution in [2.75, 3.05) is 0 Å². The first-order valence-corrected chi connectivity index (χ1v) is 11.2. The van der Waals surface area contributed by atoms with Crippen LogP contribution in [0.25, 0.3) is 11.4 Å². The summed E-state index contributed by atoms with van der Waals surface area (Å²) < 4.78 is 13.1. The molecule has 0 amide bonds. The topological polar surface area (TPSA) is 82.8 Å². The molecule has 0 aliphatic carbocycles. The second-order valence-corrected chi connectivity index (χ2v) is 8.28. The molecule has 0 atom stereocenters. The van der Waals surface area contributed by atoms with Gasteiger partial charge in [0.1, 0.15) is 5.76 Å². The Bertz CT molecular complexity index is 1300. The molecule has 0 saturated carbocycles. The lowest BCUT2D eigenvalue weighted by molar-refractivity contribution is 0.385. The van der Waals surface area contributed by atoms with Crippen LogP contribution in [0.5, 0.6) is 0 Å². The smallest absolute Gasteiger partial charge is 0.237 e. The Balaban J connectivity index is 1.36. The van der Waals surface area contributed by atoms with E-state index in [4.69, 9.17) is 8.94 Å². The van der Waals surface area contributed by atoms with E-state index in [1.54, 1.807) is 6.26 Å². The summed E-state index contributed by atoms with van der Waals surface area (Å²) in [5.41, 5.74) is 3.33. The van der Waals surface area contributed by atoms with Gasteiger partial charge in [0.05, 0.1) is 18.6 Å². The fraction of sp³-hybridized carbons (Fsp3) is 0.167. The number of benzene rings is 2. The third kappa shape index (κ3) is 4.50. The van der Waals surface area contributed by atoms with Gasteiger partial charge in [0, 0.05) is 12.0 Å². The maximum absolute atomic E-state index is 5.58. The maximum Gasteiger partial charge on any atom is 0.237 e. The average Bonchev–Trinajstić information content (AvgIpc) is 3.56. The van der Waals surface area contributed by atoms with Crippen LogP contribution < -0.4 is 0 Å². The molecule has 0 spiro atoms. The highest BCUT2D eigenvalue weighted by atomic mass is 32.2. The van der Waals surface area contributed by atoms with Crippen LogP contribution in [0.1, 0.15) is 28.6 Å². The van der Waals surface area contributed by atoms with Crippen LogP contribution in [0.3, 0.4) is 0 Å². The van der Waals surface area contributed by atoms with Gasteiger partial charge in [-0.2, -0.15) is 4.98 Å². The molecule has 0 aliphatic heterocycles. The number of hydrogen-bond donors (Lipinski definition) is 0. The van der Waals surface area contributed by atoms with Crippen molar-refractivity contribution in [2.24, 2.45) is 0 Å². The zero-order valence-electron chi connectivity index (χ0n) is 17.5. The highest BCUT2D eigenvalue weighted by molar-refractivity contribution is 7.98. The number of nitrogens with zero attached hydrogens (tertiary/aromatic N) is 5. The standard InChI is InChI=1S/C24H21N5O2S/c1-17-8-5-6-12-20(17)23-26-27-24(29(23)15-19-11-7-13-30-19)32-16-22-25-21(28-31-22)14-18-9-3-2-4-10-18/h2-13H,14-16H2,1H3. The van der Waals surface area contributed by atoms with Gasteiger partial charge in [-0.25, -0.2) is 0 Å². The molecule has 0 saturated heterocycles. The first-order valence-electron chi connectivity index (χ1n) is 10.3. The van der Waals surface area contributed by atoms with Crippen LogP contribution in [0.2, 0.25) is 0 Å². The van der Waals surface area contributed by atoms with E-state index < -0.39 is 0 Å². The maximum atomic E-state index is 5.58. The van der Waals surface area contributed by atoms with Crippen molar-refractivity contribution < 1.29 is 8.94 Å². The van der Waals surface area contributed by atoms with Gasteiger partial charge in [-0.3, -0.25) is 4.57 Å². The third-order valence-electron chi connectivity index (χ3n) is 5.04. The van der Waals surface area contributed by atoms with Crippen molar-refractivity contribution >= 4 is 11.8 Å². The second kappa shape index (κ2) is 9.23. The molecule has 3 aromatic heterocycles. The predicted octanol–water partition coefficient (Wildman–Crippen LogP) is 5.16. The zero-order chi connectivity index (χ0) is 21.8. The Hall–Kier alpha value is -3.65. The number of thioether (sulfide) groups is 1. The molecule has 8 heteroatoms. The van der Waals surface area contributed by atoms with Crippen molar-refractivity contribution in [2.45, 2.75) is 30.8 Å². The SMILES string of the molecule is Cc1ccccc1-c1nnc(SCc2nc(Cc3ccccc3)no2)n1Cc1ccco1. The lowest BCUT2D eigenvalue weighted by Crippen LogP contribution is -2.04. The summed E-state index contributed by atoms with van der Waals surface area (Å²) in [6.07, 6.45) is 2.31. The summed E-state index contributed by atoms with van der Waals surface area (Å²) in [6.45, 7) is 2.61. The first kappa shape index (κ1) is 20.3. The molecular formula is C24H21N5O2S. The Kier molecular flexibility index (Phi) is 5.85. The summed E-state index contributed by atoms with van der Waals surface area (Å²) in [7, 11) is 0. The van der Waals surface area contributed by atoms with Crippen molar-refractivity contribution in [1.29, 1.82) is 0 Å². The molecule has 160 valence electrons. The average molecular weight is 444 g/mol. The monoisotopic (exact) mass is 443 g/mol. The molecule has 7 nitrogen and oxygen atoms in total. The van der Waals surface area contributed by atoms with Crippen LogP contribution in [-0.2, 0) is 18.7 Å². The number of aryl methyl sites for hydroxylation is 1. The highest BCUT2D eigenvalue weighted by Crippen LogP contribution is 2.29. The van der Waals surface area contributed by atoms with Gasteiger partial charge < -0.3 is 8.94 Å². The predicted molar refractivity (Wildman–Crippen MR) is 121 cm³/mol. The van der Waals surface area contributed by atoms with Gasteiger partial charge in [-0.1, -0.05) is 71.5 Å². The summed E-state index contributed by atoms with van der Waals surface area (Å²) in [6, 6.07) is 22.1. The van der Waals surface area contributed by atoms with Gasteiger partial charge >= 0.3 is 0 Å². The van der Waals surface area contributed by atoms with E-state index in [1.165, 1.54) is 11.8 Å².